The summed E-state index contributed by atoms with van der Waals surface area (Å²) < 4.78 is 5.22. The second-order valence-corrected chi connectivity index (χ2v) is 10.1. The van der Waals surface area contributed by atoms with Gasteiger partial charge in [-0.25, -0.2) is 0 Å². The highest BCUT2D eigenvalue weighted by molar-refractivity contribution is 8.17. The number of rotatable bonds is 9. The van der Waals surface area contributed by atoms with Gasteiger partial charge in [-0.15, -0.1) is 23.5 Å². The molecule has 1 aromatic rings. The predicted molar refractivity (Wildman–Crippen MR) is 119 cm³/mol. The van der Waals surface area contributed by atoms with Gasteiger partial charge in [0, 0.05) is 7.11 Å². The van der Waals surface area contributed by atoms with E-state index in [9.17, 15) is 25.2 Å². The van der Waals surface area contributed by atoms with Gasteiger partial charge in [0.05, 0.1) is 23.3 Å². The average molecular weight is 456 g/mol. The molecular weight excluding hydrogens is 426 g/mol. The maximum absolute atomic E-state index is 12.9. The van der Waals surface area contributed by atoms with Gasteiger partial charge < -0.3 is 30.1 Å². The van der Waals surface area contributed by atoms with Gasteiger partial charge in [-0.05, 0) is 23.5 Å². The zero-order chi connectivity index (χ0) is 21.7. The van der Waals surface area contributed by atoms with E-state index in [2.05, 4.69) is 0 Å². The van der Waals surface area contributed by atoms with Crippen LogP contribution in [-0.4, -0.2) is 97.5 Å². The Bertz CT molecular complexity index is 715. The van der Waals surface area contributed by atoms with Crippen LogP contribution in [0.25, 0.3) is 6.08 Å². The van der Waals surface area contributed by atoms with E-state index in [0.717, 1.165) is 23.5 Å². The van der Waals surface area contributed by atoms with Crippen molar-refractivity contribution in [1.29, 1.82) is 0 Å². The van der Waals surface area contributed by atoms with Crippen molar-refractivity contribution in [2.45, 2.75) is 47.5 Å². The number of nitrogens with zero attached hydrogens (tertiary/aromatic N) is 1. The van der Waals surface area contributed by atoms with Gasteiger partial charge in [-0.1, -0.05) is 42.5 Å². The highest BCUT2D eigenvalue weighted by Gasteiger charge is 2.54. The van der Waals surface area contributed by atoms with Crippen molar-refractivity contribution in [2.24, 2.45) is 0 Å². The number of aliphatic hydroxyl groups is 4. The third-order valence-corrected chi connectivity index (χ3v) is 8.48. The summed E-state index contributed by atoms with van der Waals surface area (Å²) in [7, 11) is 1.48. The zero-order valence-electron chi connectivity index (χ0n) is 16.8. The minimum Gasteiger partial charge on any atom is -0.394 e. The van der Waals surface area contributed by atoms with E-state index in [4.69, 9.17) is 4.74 Å². The number of ether oxygens (including phenoxy) is 1. The van der Waals surface area contributed by atoms with Crippen molar-refractivity contribution < 1.29 is 30.0 Å². The monoisotopic (exact) mass is 455 g/mol. The molecule has 6 atom stereocenters. The summed E-state index contributed by atoms with van der Waals surface area (Å²) in [5.41, 5.74) is 0.973. The first-order chi connectivity index (χ1) is 14.5. The molecule has 4 N–H and O–H groups in total. The van der Waals surface area contributed by atoms with E-state index in [1.54, 1.807) is 28.4 Å². The van der Waals surface area contributed by atoms with Crippen LogP contribution in [0.4, 0.5) is 0 Å². The molecule has 0 spiro atoms. The van der Waals surface area contributed by atoms with E-state index < -0.39 is 43.1 Å². The van der Waals surface area contributed by atoms with E-state index in [1.165, 1.54) is 7.11 Å². The number of carbonyl (C=O) groups excluding carboxylic acids is 1. The lowest BCUT2D eigenvalue weighted by Gasteiger charge is -2.53. The van der Waals surface area contributed by atoms with Crippen LogP contribution in [0.2, 0.25) is 0 Å². The van der Waals surface area contributed by atoms with Crippen LogP contribution in [-0.2, 0) is 9.53 Å². The third kappa shape index (κ3) is 5.04. The minimum absolute atomic E-state index is 0.163. The fraction of sp³-hybridized carbons (Fsp3) is 0.571. The van der Waals surface area contributed by atoms with Gasteiger partial charge in [0.1, 0.15) is 18.3 Å². The van der Waals surface area contributed by atoms with Crippen molar-refractivity contribution in [3.8, 4) is 0 Å². The molecule has 2 saturated heterocycles. The largest absolute Gasteiger partial charge is 0.394 e. The van der Waals surface area contributed by atoms with Crippen LogP contribution in [0.3, 0.4) is 0 Å². The number of thioether (sulfide) groups is 2. The summed E-state index contributed by atoms with van der Waals surface area (Å²) >= 11 is 3.26. The Labute approximate surface area is 185 Å². The molecule has 3 rings (SSSR count). The highest BCUT2D eigenvalue weighted by atomic mass is 32.2. The Morgan fingerprint density at radius 3 is 2.43 bits per heavy atom. The number of hydrogen-bond donors (Lipinski definition) is 4. The molecule has 166 valence electrons. The van der Waals surface area contributed by atoms with Gasteiger partial charge in [-0.2, -0.15) is 0 Å². The molecule has 0 unspecified atom stereocenters. The molecule has 2 aliphatic rings. The van der Waals surface area contributed by atoms with Crippen LogP contribution < -0.4 is 0 Å². The fourth-order valence-corrected chi connectivity index (χ4v) is 6.96. The Morgan fingerprint density at radius 1 is 1.17 bits per heavy atom. The number of carbonyl (C=O) groups is 1. The third-order valence-electron chi connectivity index (χ3n) is 5.40. The lowest BCUT2D eigenvalue weighted by Crippen LogP contribution is -2.72. The first-order valence-electron chi connectivity index (χ1n) is 9.96. The second-order valence-electron chi connectivity index (χ2n) is 7.35. The molecule has 0 bridgehead atoms. The SMILES string of the molecule is CO[C@@H]1C(=O)N([C@@H](C2SCCCS2)[C@H](O)[C@@H](O)[C@@H](O)CO)[C@@H]1/C=C/c1ccccc1. The number of hydrogen-bond acceptors (Lipinski definition) is 8. The van der Waals surface area contributed by atoms with Crippen molar-refractivity contribution >= 4 is 35.5 Å². The molecule has 9 heteroatoms. The number of aliphatic hydroxyl groups excluding tert-OH is 4. The molecule has 0 aliphatic carbocycles. The molecule has 2 fully saturated rings. The highest BCUT2D eigenvalue weighted by Crippen LogP contribution is 2.41. The molecule has 0 radical (unpaired) electrons. The summed E-state index contributed by atoms with van der Waals surface area (Å²) in [6.45, 7) is -0.679. The summed E-state index contributed by atoms with van der Waals surface area (Å²) in [4.78, 5) is 14.5. The normalized spacial score (nSPS) is 27.0. The number of amides is 1. The fourth-order valence-electron chi connectivity index (χ4n) is 3.75. The Hall–Kier alpha value is -1.07. The van der Waals surface area contributed by atoms with E-state index >= 15 is 0 Å². The van der Waals surface area contributed by atoms with E-state index in [-0.39, 0.29) is 10.5 Å². The van der Waals surface area contributed by atoms with Crippen LogP contribution in [0.1, 0.15) is 12.0 Å². The molecule has 2 aliphatic heterocycles. The van der Waals surface area contributed by atoms with Gasteiger partial charge in [0.15, 0.2) is 6.10 Å². The van der Waals surface area contributed by atoms with Crippen molar-refractivity contribution in [1.82, 2.24) is 4.90 Å². The molecule has 30 heavy (non-hydrogen) atoms. The standard InChI is InChI=1S/C21H29NO6S2/c1-28-19-14(9-8-13-6-3-2-4-7-13)22(20(19)27)16(21-29-10-5-11-30-21)18(26)17(25)15(24)12-23/h2-4,6-9,14-19,21,23-26H,5,10-12H2,1H3/b9-8+/t14-,15+,16-,17+,18+,19+/m1/s1. The number of benzene rings is 1. The lowest BCUT2D eigenvalue weighted by molar-refractivity contribution is -0.180. The summed E-state index contributed by atoms with van der Waals surface area (Å²) in [5.74, 6) is 1.52. The maximum atomic E-state index is 12.9. The topological polar surface area (TPSA) is 110 Å². The first-order valence-corrected chi connectivity index (χ1v) is 12.1. The molecule has 0 saturated carbocycles. The van der Waals surface area contributed by atoms with Crippen molar-refractivity contribution in [3.63, 3.8) is 0 Å². The molecular formula is C21H29NO6S2. The molecule has 0 aromatic heterocycles. The van der Waals surface area contributed by atoms with E-state index in [1.807, 2.05) is 42.5 Å². The first kappa shape index (κ1) is 23.6. The quantitative estimate of drug-likeness (QED) is 0.400. The lowest BCUT2D eigenvalue weighted by atomic mass is 9.90. The van der Waals surface area contributed by atoms with Gasteiger partial charge >= 0.3 is 0 Å². The van der Waals surface area contributed by atoms with E-state index in [0.29, 0.717) is 0 Å². The second kappa shape index (κ2) is 11.0. The molecule has 1 aromatic carbocycles. The number of likely N-dealkylation sites (tertiary alicyclic amines) is 1. The molecule has 7 nitrogen and oxygen atoms in total. The van der Waals surface area contributed by atoms with Crippen molar-refractivity contribution in [2.75, 3.05) is 25.2 Å². The number of β-lactam (4-membered cyclic amide) rings is 1. The van der Waals surface area contributed by atoms with Gasteiger partial charge in [0.2, 0.25) is 0 Å². The van der Waals surface area contributed by atoms with Crippen LogP contribution in [0, 0.1) is 0 Å². The van der Waals surface area contributed by atoms with Crippen molar-refractivity contribution in [3.05, 3.63) is 42.0 Å². The van der Waals surface area contributed by atoms with Gasteiger partial charge in [-0.3, -0.25) is 4.79 Å². The Morgan fingerprint density at radius 2 is 1.83 bits per heavy atom. The molecule has 2 heterocycles. The molecule has 1 amide bonds. The number of methoxy groups -OCH3 is 1. The van der Waals surface area contributed by atoms with Crippen LogP contribution in [0.5, 0.6) is 0 Å². The zero-order valence-corrected chi connectivity index (χ0v) is 18.4. The Balaban J connectivity index is 1.88. The average Bonchev–Trinajstić information content (AvgIpc) is 2.79. The summed E-state index contributed by atoms with van der Waals surface area (Å²) in [5, 5.41) is 40.4. The smallest absolute Gasteiger partial charge is 0.255 e. The van der Waals surface area contributed by atoms with Gasteiger partial charge in [0.25, 0.3) is 5.91 Å². The Kier molecular flexibility index (Phi) is 8.64. The summed E-state index contributed by atoms with van der Waals surface area (Å²) in [6.07, 6.45) is -0.340. The minimum atomic E-state index is -1.57. The summed E-state index contributed by atoms with van der Waals surface area (Å²) in [6, 6.07) is 8.52. The van der Waals surface area contributed by atoms with Crippen LogP contribution in [0.15, 0.2) is 36.4 Å². The predicted octanol–water partition coefficient (Wildman–Crippen LogP) is 0.565. The maximum Gasteiger partial charge on any atom is 0.255 e. The van der Waals surface area contributed by atoms with Crippen LogP contribution >= 0.6 is 23.5 Å².